The SMILES string of the molecule is C[C@@H]1C[C@@H]1C(=O)OCC(=O)N1CCN(S(=O)(=O)c2cccc(F)c2)CC1. The Hall–Kier alpha value is -2.00. The largest absolute Gasteiger partial charge is 0.455 e. The second-order valence-electron chi connectivity index (χ2n) is 6.67. The number of hydrogen-bond acceptors (Lipinski definition) is 5. The van der Waals surface area contributed by atoms with Crippen LogP contribution in [0.25, 0.3) is 0 Å². The maximum Gasteiger partial charge on any atom is 0.309 e. The summed E-state index contributed by atoms with van der Waals surface area (Å²) in [6, 6.07) is 4.84. The molecule has 0 N–H and O–H groups in total. The van der Waals surface area contributed by atoms with Crippen LogP contribution < -0.4 is 0 Å². The molecule has 1 aliphatic heterocycles. The van der Waals surface area contributed by atoms with Crippen LogP contribution in [-0.4, -0.2) is 62.3 Å². The van der Waals surface area contributed by atoms with Crippen LogP contribution in [0.2, 0.25) is 0 Å². The Balaban J connectivity index is 1.52. The molecule has 2 aliphatic rings. The monoisotopic (exact) mass is 384 g/mol. The van der Waals surface area contributed by atoms with Crippen LogP contribution in [0.5, 0.6) is 0 Å². The molecule has 3 rings (SSSR count). The molecule has 1 amide bonds. The fourth-order valence-electron chi connectivity index (χ4n) is 2.94. The van der Waals surface area contributed by atoms with Gasteiger partial charge in [0.15, 0.2) is 6.61 Å². The van der Waals surface area contributed by atoms with Crippen molar-refractivity contribution in [2.75, 3.05) is 32.8 Å². The van der Waals surface area contributed by atoms with Gasteiger partial charge in [0.05, 0.1) is 10.8 Å². The number of rotatable bonds is 5. The number of nitrogens with zero attached hydrogens (tertiary/aromatic N) is 2. The first-order valence-electron chi connectivity index (χ1n) is 8.49. The number of piperazine rings is 1. The smallest absolute Gasteiger partial charge is 0.309 e. The van der Waals surface area contributed by atoms with Gasteiger partial charge in [0.2, 0.25) is 10.0 Å². The number of esters is 1. The Bertz CT molecular complexity index is 805. The summed E-state index contributed by atoms with van der Waals surface area (Å²) in [5.41, 5.74) is 0. The summed E-state index contributed by atoms with van der Waals surface area (Å²) in [6.07, 6.45) is 0.795. The van der Waals surface area contributed by atoms with Crippen LogP contribution in [0.15, 0.2) is 29.2 Å². The average molecular weight is 384 g/mol. The summed E-state index contributed by atoms with van der Waals surface area (Å²) in [4.78, 5) is 25.2. The Morgan fingerprint density at radius 1 is 1.23 bits per heavy atom. The molecule has 0 spiro atoms. The molecule has 0 bridgehead atoms. The maximum atomic E-state index is 13.3. The highest BCUT2D eigenvalue weighted by molar-refractivity contribution is 7.89. The summed E-state index contributed by atoms with van der Waals surface area (Å²) < 4.78 is 44.6. The van der Waals surface area contributed by atoms with E-state index in [-0.39, 0.29) is 55.5 Å². The first-order valence-corrected chi connectivity index (χ1v) is 9.93. The van der Waals surface area contributed by atoms with E-state index in [2.05, 4.69) is 0 Å². The van der Waals surface area contributed by atoms with Crippen LogP contribution in [0, 0.1) is 17.7 Å². The highest BCUT2D eigenvalue weighted by Gasteiger charge is 2.41. The number of ether oxygens (including phenoxy) is 1. The highest BCUT2D eigenvalue weighted by atomic mass is 32.2. The molecular weight excluding hydrogens is 363 g/mol. The van der Waals surface area contributed by atoms with Crippen LogP contribution in [-0.2, 0) is 24.3 Å². The van der Waals surface area contributed by atoms with Crippen LogP contribution in [0.3, 0.4) is 0 Å². The van der Waals surface area contributed by atoms with Gasteiger partial charge < -0.3 is 9.64 Å². The van der Waals surface area contributed by atoms with E-state index in [1.165, 1.54) is 27.4 Å². The minimum absolute atomic E-state index is 0.101. The van der Waals surface area contributed by atoms with E-state index >= 15 is 0 Å². The minimum Gasteiger partial charge on any atom is -0.455 e. The van der Waals surface area contributed by atoms with E-state index in [0.717, 1.165) is 12.5 Å². The zero-order valence-electron chi connectivity index (χ0n) is 14.4. The molecule has 1 heterocycles. The number of sulfonamides is 1. The van der Waals surface area contributed by atoms with Gasteiger partial charge in [-0.1, -0.05) is 13.0 Å². The lowest BCUT2D eigenvalue weighted by atomic mass is 10.3. The van der Waals surface area contributed by atoms with Crippen molar-refractivity contribution in [2.24, 2.45) is 11.8 Å². The standard InChI is InChI=1S/C17H21FN2O5S/c1-12-9-15(12)17(22)25-11-16(21)19-5-7-20(8-6-19)26(23,24)14-4-2-3-13(18)10-14/h2-4,10,12,15H,5-9,11H2,1H3/t12-,15+/m1/s1. The van der Waals surface area contributed by atoms with Gasteiger partial charge >= 0.3 is 5.97 Å². The van der Waals surface area contributed by atoms with Gasteiger partial charge in [-0.25, -0.2) is 12.8 Å². The van der Waals surface area contributed by atoms with Crippen molar-refractivity contribution in [1.29, 1.82) is 0 Å². The van der Waals surface area contributed by atoms with Crippen molar-refractivity contribution in [3.63, 3.8) is 0 Å². The topological polar surface area (TPSA) is 84.0 Å². The van der Waals surface area contributed by atoms with E-state index < -0.39 is 15.8 Å². The number of carbonyl (C=O) groups is 2. The predicted molar refractivity (Wildman–Crippen MR) is 90.0 cm³/mol. The molecule has 1 aliphatic carbocycles. The van der Waals surface area contributed by atoms with Crippen molar-refractivity contribution in [3.8, 4) is 0 Å². The summed E-state index contributed by atoms with van der Waals surface area (Å²) in [5.74, 6) is -1.09. The molecule has 7 nitrogen and oxygen atoms in total. The van der Waals surface area contributed by atoms with E-state index in [1.54, 1.807) is 0 Å². The second-order valence-corrected chi connectivity index (χ2v) is 8.61. The third-order valence-corrected chi connectivity index (χ3v) is 6.67. The van der Waals surface area contributed by atoms with Crippen molar-refractivity contribution < 1.29 is 27.1 Å². The summed E-state index contributed by atoms with van der Waals surface area (Å²) in [6.45, 7) is 2.25. The lowest BCUT2D eigenvalue weighted by Crippen LogP contribution is -2.51. The molecule has 1 aromatic rings. The zero-order chi connectivity index (χ0) is 18.9. The van der Waals surface area contributed by atoms with Crippen molar-refractivity contribution >= 4 is 21.9 Å². The van der Waals surface area contributed by atoms with E-state index in [9.17, 15) is 22.4 Å². The molecule has 26 heavy (non-hydrogen) atoms. The number of halogens is 1. The van der Waals surface area contributed by atoms with E-state index in [4.69, 9.17) is 4.74 Å². The molecule has 2 atom stereocenters. The number of hydrogen-bond donors (Lipinski definition) is 0. The van der Waals surface area contributed by atoms with Gasteiger partial charge in [-0.2, -0.15) is 4.31 Å². The lowest BCUT2D eigenvalue weighted by molar-refractivity contribution is -0.153. The quantitative estimate of drug-likeness (QED) is 0.703. The fraction of sp³-hybridized carbons (Fsp3) is 0.529. The summed E-state index contributed by atoms with van der Waals surface area (Å²) in [5, 5.41) is 0. The third-order valence-electron chi connectivity index (χ3n) is 4.78. The second kappa shape index (κ2) is 7.32. The van der Waals surface area contributed by atoms with Crippen molar-refractivity contribution in [3.05, 3.63) is 30.1 Å². The molecular formula is C17H21FN2O5S. The molecule has 142 valence electrons. The molecule has 2 fully saturated rings. The molecule has 1 saturated heterocycles. The Kier molecular flexibility index (Phi) is 5.29. The molecule has 0 aromatic heterocycles. The van der Waals surface area contributed by atoms with Gasteiger partial charge in [-0.3, -0.25) is 9.59 Å². The maximum absolute atomic E-state index is 13.3. The van der Waals surface area contributed by atoms with Crippen molar-refractivity contribution in [1.82, 2.24) is 9.21 Å². The van der Waals surface area contributed by atoms with Crippen LogP contribution in [0.4, 0.5) is 4.39 Å². The molecule has 1 aromatic carbocycles. The van der Waals surface area contributed by atoms with Gasteiger partial charge in [0.25, 0.3) is 5.91 Å². The normalized spacial score (nSPS) is 23.5. The van der Waals surface area contributed by atoms with E-state index in [1.807, 2.05) is 6.92 Å². The Morgan fingerprint density at radius 2 is 1.88 bits per heavy atom. The molecule has 0 unspecified atom stereocenters. The lowest BCUT2D eigenvalue weighted by Gasteiger charge is -2.33. The summed E-state index contributed by atoms with van der Waals surface area (Å²) >= 11 is 0. The number of benzene rings is 1. The Labute approximate surface area is 151 Å². The van der Waals surface area contributed by atoms with Crippen molar-refractivity contribution in [2.45, 2.75) is 18.2 Å². The highest BCUT2D eigenvalue weighted by Crippen LogP contribution is 2.38. The Morgan fingerprint density at radius 3 is 2.46 bits per heavy atom. The predicted octanol–water partition coefficient (Wildman–Crippen LogP) is 0.858. The minimum atomic E-state index is -3.80. The molecule has 9 heteroatoms. The first-order chi connectivity index (χ1) is 12.3. The van der Waals surface area contributed by atoms with Crippen LogP contribution >= 0.6 is 0 Å². The van der Waals surface area contributed by atoms with E-state index in [0.29, 0.717) is 5.92 Å². The van der Waals surface area contributed by atoms with Gasteiger partial charge in [-0.05, 0) is 30.5 Å². The van der Waals surface area contributed by atoms with Gasteiger partial charge in [-0.15, -0.1) is 0 Å². The molecule has 0 radical (unpaired) electrons. The molecule has 1 saturated carbocycles. The average Bonchev–Trinajstić information content (AvgIpc) is 3.36. The summed E-state index contributed by atoms with van der Waals surface area (Å²) in [7, 11) is -3.80. The van der Waals surface area contributed by atoms with Crippen LogP contribution in [0.1, 0.15) is 13.3 Å². The first kappa shape index (κ1) is 18.8. The number of carbonyl (C=O) groups excluding carboxylic acids is 2. The van der Waals surface area contributed by atoms with Gasteiger partial charge in [0, 0.05) is 26.2 Å². The van der Waals surface area contributed by atoms with Gasteiger partial charge in [0.1, 0.15) is 5.82 Å². The third kappa shape index (κ3) is 4.04. The zero-order valence-corrected chi connectivity index (χ0v) is 15.2. The fourth-order valence-corrected chi connectivity index (χ4v) is 4.39. The number of amides is 1.